The maximum absolute atomic E-state index is 2.46. The number of unbranched alkanes of at least 4 members (excludes halogenated alkanes) is 3. The molecule has 0 heterocycles. The van der Waals surface area contributed by atoms with Gasteiger partial charge in [-0.1, -0.05) is 78.6 Å². The topological polar surface area (TPSA) is 0 Å². The Labute approximate surface area is 147 Å². The second kappa shape index (κ2) is 10.1. The molecule has 0 amide bonds. The minimum Gasteiger partial charge on any atom is -0.0654 e. The van der Waals surface area contributed by atoms with Crippen LogP contribution in [0.15, 0.2) is 0 Å². The van der Waals surface area contributed by atoms with Crippen LogP contribution in [0.5, 0.6) is 0 Å². The Hall–Kier alpha value is 0. The summed E-state index contributed by atoms with van der Waals surface area (Å²) < 4.78 is 0. The molecule has 0 unspecified atom stereocenters. The van der Waals surface area contributed by atoms with Crippen molar-refractivity contribution in [2.45, 2.75) is 124 Å². The molecule has 0 radical (unpaired) electrons. The molecule has 0 nitrogen and oxygen atoms in total. The molecule has 2 rings (SSSR count). The molecule has 2 saturated carbocycles. The van der Waals surface area contributed by atoms with Gasteiger partial charge in [-0.2, -0.15) is 0 Å². The van der Waals surface area contributed by atoms with Crippen LogP contribution in [0.2, 0.25) is 0 Å². The summed E-state index contributed by atoms with van der Waals surface area (Å²) in [4.78, 5) is 0. The zero-order valence-electron chi connectivity index (χ0n) is 16.5. The van der Waals surface area contributed by atoms with Gasteiger partial charge in [0.1, 0.15) is 0 Å². The van der Waals surface area contributed by atoms with Crippen molar-refractivity contribution in [1.29, 1.82) is 0 Å². The van der Waals surface area contributed by atoms with E-state index in [2.05, 4.69) is 20.8 Å². The molecular formula is C23H44. The van der Waals surface area contributed by atoms with Gasteiger partial charge in [-0.05, 0) is 68.1 Å². The molecule has 2 aliphatic carbocycles. The van der Waals surface area contributed by atoms with Gasteiger partial charge in [0.2, 0.25) is 0 Å². The summed E-state index contributed by atoms with van der Waals surface area (Å²) in [6.07, 6.45) is 24.1. The highest BCUT2D eigenvalue weighted by molar-refractivity contribution is 4.88. The zero-order valence-corrected chi connectivity index (χ0v) is 16.5. The predicted octanol–water partition coefficient (Wildman–Crippen LogP) is 8.15. The van der Waals surface area contributed by atoms with E-state index in [1.807, 2.05) is 0 Å². The normalized spacial score (nSPS) is 35.3. The first kappa shape index (κ1) is 19.3. The molecule has 0 aromatic heterocycles. The van der Waals surface area contributed by atoms with E-state index in [1.165, 1.54) is 51.4 Å². The van der Waals surface area contributed by atoms with E-state index < -0.39 is 0 Å². The first-order valence-corrected chi connectivity index (χ1v) is 11.2. The van der Waals surface area contributed by atoms with Gasteiger partial charge < -0.3 is 0 Å². The average Bonchev–Trinajstić information content (AvgIpc) is 2.61. The molecule has 0 spiro atoms. The number of hydrogen-bond acceptors (Lipinski definition) is 0. The zero-order chi connectivity index (χ0) is 16.5. The van der Waals surface area contributed by atoms with Gasteiger partial charge in [-0.25, -0.2) is 0 Å². The first-order chi connectivity index (χ1) is 11.2. The molecule has 0 bridgehead atoms. The molecule has 2 fully saturated rings. The van der Waals surface area contributed by atoms with Crippen molar-refractivity contribution < 1.29 is 0 Å². The lowest BCUT2D eigenvalue weighted by Gasteiger charge is -2.44. The fraction of sp³-hybridized carbons (Fsp3) is 1.00. The Morgan fingerprint density at radius 2 is 1.30 bits per heavy atom. The predicted molar refractivity (Wildman–Crippen MR) is 104 cm³/mol. The van der Waals surface area contributed by atoms with Crippen LogP contribution in [0.4, 0.5) is 0 Å². The van der Waals surface area contributed by atoms with Crippen molar-refractivity contribution in [3.8, 4) is 0 Å². The molecule has 136 valence electrons. The third kappa shape index (κ3) is 5.79. The van der Waals surface area contributed by atoms with Crippen molar-refractivity contribution in [2.24, 2.45) is 23.2 Å². The van der Waals surface area contributed by atoms with Gasteiger partial charge in [0, 0.05) is 0 Å². The van der Waals surface area contributed by atoms with Crippen LogP contribution in [-0.4, -0.2) is 0 Å². The third-order valence-corrected chi connectivity index (χ3v) is 7.68. The molecule has 0 N–H and O–H groups in total. The molecule has 0 atom stereocenters. The lowest BCUT2D eigenvalue weighted by atomic mass is 9.62. The molecule has 0 heteroatoms. The highest BCUT2D eigenvalue weighted by Crippen LogP contribution is 2.49. The highest BCUT2D eigenvalue weighted by atomic mass is 14.4. The van der Waals surface area contributed by atoms with Gasteiger partial charge >= 0.3 is 0 Å². The lowest BCUT2D eigenvalue weighted by Crippen LogP contribution is -2.31. The summed E-state index contributed by atoms with van der Waals surface area (Å²) in [5, 5.41) is 0. The maximum atomic E-state index is 2.46. The fourth-order valence-electron chi connectivity index (χ4n) is 5.69. The van der Waals surface area contributed by atoms with E-state index in [4.69, 9.17) is 0 Å². The van der Waals surface area contributed by atoms with Crippen molar-refractivity contribution in [3.05, 3.63) is 0 Å². The smallest absolute Gasteiger partial charge is 0.0300 e. The minimum absolute atomic E-state index is 0.740. The second-order valence-electron chi connectivity index (χ2n) is 9.07. The van der Waals surface area contributed by atoms with E-state index in [0.717, 1.165) is 23.2 Å². The minimum atomic E-state index is 0.740. The molecule has 0 saturated heterocycles. The Kier molecular flexibility index (Phi) is 8.48. The molecule has 0 aromatic carbocycles. The summed E-state index contributed by atoms with van der Waals surface area (Å²) in [6, 6.07) is 0. The summed E-state index contributed by atoms with van der Waals surface area (Å²) >= 11 is 0. The molecule has 0 aromatic rings. The van der Waals surface area contributed by atoms with Gasteiger partial charge in [0.15, 0.2) is 0 Å². The maximum Gasteiger partial charge on any atom is -0.0300 e. The van der Waals surface area contributed by atoms with Gasteiger partial charge in [0.25, 0.3) is 0 Å². The van der Waals surface area contributed by atoms with Gasteiger partial charge in [0.05, 0.1) is 0 Å². The largest absolute Gasteiger partial charge is 0.0654 e. The Bertz CT molecular complexity index is 289. The quantitative estimate of drug-likeness (QED) is 0.376. The van der Waals surface area contributed by atoms with Crippen molar-refractivity contribution in [3.63, 3.8) is 0 Å². The standard InChI is InChI=1S/C23H44/c1-4-7-9-10-20-11-13-21(14-12-20)22-15-18-23(6-3,19-16-22)17-8-5-2/h20-22H,4-19H2,1-3H3/t20?,21?,22-,23-. The van der Waals surface area contributed by atoms with E-state index in [0.29, 0.717) is 0 Å². The van der Waals surface area contributed by atoms with Gasteiger partial charge in [-0.15, -0.1) is 0 Å². The summed E-state index contributed by atoms with van der Waals surface area (Å²) in [5.74, 6) is 3.27. The van der Waals surface area contributed by atoms with Crippen molar-refractivity contribution >= 4 is 0 Å². The number of rotatable bonds is 9. The van der Waals surface area contributed by atoms with E-state index >= 15 is 0 Å². The van der Waals surface area contributed by atoms with E-state index in [-0.39, 0.29) is 0 Å². The van der Waals surface area contributed by atoms with Crippen LogP contribution in [0.1, 0.15) is 124 Å². The second-order valence-corrected chi connectivity index (χ2v) is 9.07. The Balaban J connectivity index is 1.70. The first-order valence-electron chi connectivity index (χ1n) is 11.2. The van der Waals surface area contributed by atoms with Crippen LogP contribution in [-0.2, 0) is 0 Å². The lowest BCUT2D eigenvalue weighted by molar-refractivity contribution is 0.0801. The van der Waals surface area contributed by atoms with Crippen LogP contribution < -0.4 is 0 Å². The van der Waals surface area contributed by atoms with Gasteiger partial charge in [-0.3, -0.25) is 0 Å². The summed E-state index contributed by atoms with van der Waals surface area (Å²) in [7, 11) is 0. The van der Waals surface area contributed by atoms with Crippen LogP contribution in [0.25, 0.3) is 0 Å². The monoisotopic (exact) mass is 320 g/mol. The molecule has 23 heavy (non-hydrogen) atoms. The third-order valence-electron chi connectivity index (χ3n) is 7.68. The molecule has 2 aliphatic rings. The Morgan fingerprint density at radius 1 is 0.696 bits per heavy atom. The fourth-order valence-corrected chi connectivity index (χ4v) is 5.69. The van der Waals surface area contributed by atoms with Crippen LogP contribution >= 0.6 is 0 Å². The SMILES string of the molecule is CCCCCC1CCC([C@H]2CC[C@](CC)(CCCC)CC2)CC1. The van der Waals surface area contributed by atoms with E-state index in [9.17, 15) is 0 Å². The molecule has 0 aliphatic heterocycles. The van der Waals surface area contributed by atoms with Crippen LogP contribution in [0, 0.1) is 23.2 Å². The van der Waals surface area contributed by atoms with Crippen molar-refractivity contribution in [1.82, 2.24) is 0 Å². The average molecular weight is 321 g/mol. The van der Waals surface area contributed by atoms with Crippen molar-refractivity contribution in [2.75, 3.05) is 0 Å². The van der Waals surface area contributed by atoms with Crippen LogP contribution in [0.3, 0.4) is 0 Å². The Morgan fingerprint density at radius 3 is 1.87 bits per heavy atom. The highest BCUT2D eigenvalue weighted by Gasteiger charge is 2.36. The number of hydrogen-bond donors (Lipinski definition) is 0. The van der Waals surface area contributed by atoms with E-state index in [1.54, 1.807) is 51.4 Å². The summed E-state index contributed by atoms with van der Waals surface area (Å²) in [6.45, 7) is 7.14. The summed E-state index contributed by atoms with van der Waals surface area (Å²) in [5.41, 5.74) is 0.740. The molecular weight excluding hydrogens is 276 g/mol.